The van der Waals surface area contributed by atoms with Crippen LogP contribution in [0.15, 0.2) is 41.5 Å². The molecule has 24 heavy (non-hydrogen) atoms. The fraction of sp³-hybridized carbons (Fsp3) is 0.474. The molecule has 0 spiro atoms. The number of aromatic amines is 1. The largest absolute Gasteiger partial charge is 0.350 e. The summed E-state index contributed by atoms with van der Waals surface area (Å²) in [5.41, 5.74) is 2.89. The van der Waals surface area contributed by atoms with Crippen LogP contribution in [-0.2, 0) is 12.8 Å². The van der Waals surface area contributed by atoms with Gasteiger partial charge < -0.3 is 15.2 Å². The Morgan fingerprint density at radius 3 is 2.92 bits per heavy atom. The maximum absolute atomic E-state index is 12.0. The van der Waals surface area contributed by atoms with Crippen molar-refractivity contribution in [3.8, 4) is 0 Å². The molecule has 1 aliphatic carbocycles. The number of nitrogens with one attached hydrogen (secondary N) is 2. The van der Waals surface area contributed by atoms with Crippen molar-refractivity contribution in [1.82, 2.24) is 15.3 Å². The highest BCUT2D eigenvalue weighted by Crippen LogP contribution is 2.23. The van der Waals surface area contributed by atoms with E-state index in [9.17, 15) is 4.79 Å². The van der Waals surface area contributed by atoms with Crippen LogP contribution in [0.25, 0.3) is 0 Å². The van der Waals surface area contributed by atoms with E-state index in [2.05, 4.69) is 44.5 Å². The molecular formula is C19H24N4O. The van der Waals surface area contributed by atoms with Crippen LogP contribution in [0.2, 0.25) is 0 Å². The average molecular weight is 324 g/mol. The zero-order valence-electron chi connectivity index (χ0n) is 13.9. The molecule has 1 fully saturated rings. The van der Waals surface area contributed by atoms with Gasteiger partial charge >= 0.3 is 0 Å². The van der Waals surface area contributed by atoms with Crippen LogP contribution in [0.5, 0.6) is 0 Å². The van der Waals surface area contributed by atoms with Crippen molar-refractivity contribution in [1.29, 1.82) is 0 Å². The van der Waals surface area contributed by atoms with Gasteiger partial charge in [-0.05, 0) is 43.2 Å². The van der Waals surface area contributed by atoms with Crippen molar-refractivity contribution in [3.63, 3.8) is 0 Å². The maximum atomic E-state index is 12.0. The highest BCUT2D eigenvalue weighted by Gasteiger charge is 2.26. The lowest BCUT2D eigenvalue weighted by Gasteiger charge is -2.36. The van der Waals surface area contributed by atoms with E-state index in [0.29, 0.717) is 17.9 Å². The quantitative estimate of drug-likeness (QED) is 0.905. The minimum absolute atomic E-state index is 0.0928. The molecule has 126 valence electrons. The molecular weight excluding hydrogens is 300 g/mol. The maximum Gasteiger partial charge on any atom is 0.290 e. The van der Waals surface area contributed by atoms with E-state index in [0.717, 1.165) is 32.4 Å². The number of piperidine rings is 1. The zero-order chi connectivity index (χ0) is 16.4. The van der Waals surface area contributed by atoms with Crippen molar-refractivity contribution in [2.45, 2.75) is 44.2 Å². The molecule has 2 N–H and O–H groups in total. The summed E-state index contributed by atoms with van der Waals surface area (Å²) in [6.45, 7) is 1.77. The molecule has 2 heterocycles. The van der Waals surface area contributed by atoms with Gasteiger partial charge in [-0.15, -0.1) is 0 Å². The van der Waals surface area contributed by atoms with Crippen molar-refractivity contribution in [2.24, 2.45) is 0 Å². The predicted octanol–water partition coefficient (Wildman–Crippen LogP) is 1.89. The zero-order valence-corrected chi connectivity index (χ0v) is 13.9. The van der Waals surface area contributed by atoms with E-state index < -0.39 is 0 Å². The molecule has 0 amide bonds. The van der Waals surface area contributed by atoms with Gasteiger partial charge in [-0.3, -0.25) is 4.79 Å². The molecule has 1 aromatic heterocycles. The van der Waals surface area contributed by atoms with E-state index in [1.54, 1.807) is 12.4 Å². The number of nitrogens with zero attached hydrogens (tertiary/aromatic N) is 2. The van der Waals surface area contributed by atoms with Crippen molar-refractivity contribution < 1.29 is 0 Å². The molecule has 2 atom stereocenters. The van der Waals surface area contributed by atoms with Crippen LogP contribution >= 0.6 is 0 Å². The number of aromatic nitrogens is 2. The van der Waals surface area contributed by atoms with Gasteiger partial charge in [0.15, 0.2) is 5.82 Å². The number of aryl methyl sites for hydroxylation is 1. The second-order valence-electron chi connectivity index (χ2n) is 6.90. The third-order valence-electron chi connectivity index (χ3n) is 5.23. The summed E-state index contributed by atoms with van der Waals surface area (Å²) >= 11 is 0. The Bertz CT molecular complexity index is 757. The Kier molecular flexibility index (Phi) is 4.34. The van der Waals surface area contributed by atoms with Crippen LogP contribution in [0.4, 0.5) is 5.82 Å². The number of anilines is 1. The number of hydrogen-bond acceptors (Lipinski definition) is 4. The van der Waals surface area contributed by atoms with Crippen molar-refractivity contribution in [3.05, 3.63) is 58.1 Å². The summed E-state index contributed by atoms with van der Waals surface area (Å²) in [4.78, 5) is 21.1. The number of hydrogen-bond donors (Lipinski definition) is 2. The fourth-order valence-corrected chi connectivity index (χ4v) is 4.05. The van der Waals surface area contributed by atoms with Gasteiger partial charge in [0.1, 0.15) is 0 Å². The molecule has 1 aliphatic heterocycles. The lowest BCUT2D eigenvalue weighted by molar-refractivity contribution is 0.350. The summed E-state index contributed by atoms with van der Waals surface area (Å²) < 4.78 is 0. The summed E-state index contributed by atoms with van der Waals surface area (Å²) in [5, 5.41) is 3.84. The molecule has 1 aromatic carbocycles. The molecule has 1 saturated heterocycles. The number of H-pyrrole nitrogens is 1. The van der Waals surface area contributed by atoms with E-state index >= 15 is 0 Å². The molecule has 5 nitrogen and oxygen atoms in total. The Morgan fingerprint density at radius 2 is 2.04 bits per heavy atom. The first-order valence-electron chi connectivity index (χ1n) is 8.91. The van der Waals surface area contributed by atoms with Crippen LogP contribution in [-0.4, -0.2) is 35.1 Å². The number of fused-ring (bicyclic) bond motifs is 1. The van der Waals surface area contributed by atoms with Gasteiger partial charge in [0.25, 0.3) is 5.56 Å². The Morgan fingerprint density at radius 1 is 1.17 bits per heavy atom. The minimum atomic E-state index is -0.0928. The second-order valence-corrected chi connectivity index (χ2v) is 6.90. The molecule has 2 aromatic rings. The van der Waals surface area contributed by atoms with Crippen molar-refractivity contribution in [2.75, 3.05) is 18.0 Å². The summed E-state index contributed by atoms with van der Waals surface area (Å²) in [6.07, 6.45) is 8.96. The van der Waals surface area contributed by atoms with E-state index in [-0.39, 0.29) is 5.56 Å². The van der Waals surface area contributed by atoms with E-state index in [1.807, 2.05) is 0 Å². The summed E-state index contributed by atoms with van der Waals surface area (Å²) in [6, 6.07) is 9.74. The topological polar surface area (TPSA) is 61.0 Å². The summed E-state index contributed by atoms with van der Waals surface area (Å²) in [5.74, 6) is 0.554. The highest BCUT2D eigenvalue weighted by atomic mass is 16.1. The molecule has 2 unspecified atom stereocenters. The van der Waals surface area contributed by atoms with E-state index in [1.165, 1.54) is 24.0 Å². The van der Waals surface area contributed by atoms with Gasteiger partial charge in [-0.1, -0.05) is 24.3 Å². The first kappa shape index (κ1) is 15.4. The predicted molar refractivity (Wildman–Crippen MR) is 95.5 cm³/mol. The van der Waals surface area contributed by atoms with Crippen LogP contribution in [0.1, 0.15) is 30.4 Å². The number of benzene rings is 1. The summed E-state index contributed by atoms with van der Waals surface area (Å²) in [7, 11) is 0. The van der Waals surface area contributed by atoms with Crippen LogP contribution < -0.4 is 15.8 Å². The van der Waals surface area contributed by atoms with Gasteiger partial charge in [0, 0.05) is 37.6 Å². The monoisotopic (exact) mass is 324 g/mol. The Labute approximate surface area is 142 Å². The first-order valence-corrected chi connectivity index (χ1v) is 8.91. The molecule has 0 saturated carbocycles. The lowest BCUT2D eigenvalue weighted by Crippen LogP contribution is -2.51. The smallest absolute Gasteiger partial charge is 0.290 e. The number of rotatable bonds is 3. The van der Waals surface area contributed by atoms with Crippen molar-refractivity contribution >= 4 is 5.82 Å². The molecule has 4 rings (SSSR count). The molecule has 2 aliphatic rings. The van der Waals surface area contributed by atoms with Gasteiger partial charge in [-0.2, -0.15) is 0 Å². The fourth-order valence-electron chi connectivity index (χ4n) is 4.05. The van der Waals surface area contributed by atoms with Crippen LogP contribution in [0.3, 0.4) is 0 Å². The first-order chi connectivity index (χ1) is 11.8. The van der Waals surface area contributed by atoms with Crippen LogP contribution in [0, 0.1) is 0 Å². The third kappa shape index (κ3) is 3.22. The lowest BCUT2D eigenvalue weighted by atomic mass is 9.87. The van der Waals surface area contributed by atoms with Gasteiger partial charge in [0.2, 0.25) is 0 Å². The normalized spacial score (nSPS) is 23.8. The molecule has 0 bridgehead atoms. The third-order valence-corrected chi connectivity index (χ3v) is 5.23. The second kappa shape index (κ2) is 6.77. The van der Waals surface area contributed by atoms with E-state index in [4.69, 9.17) is 0 Å². The molecule has 5 heteroatoms. The standard InChI is InChI=1S/C19H24N4O/c24-19-18(20-9-10-21-19)23-11-3-6-17(13-23)22-16-8-7-14-4-1-2-5-15(14)12-16/h1-2,4-5,9-10,16-17,22H,3,6-8,11-13H2,(H,21,24). The highest BCUT2D eigenvalue weighted by molar-refractivity contribution is 5.36. The molecule has 0 radical (unpaired) electrons. The average Bonchev–Trinajstić information content (AvgIpc) is 2.62. The Balaban J connectivity index is 1.41. The van der Waals surface area contributed by atoms with Gasteiger partial charge in [0.05, 0.1) is 0 Å². The minimum Gasteiger partial charge on any atom is -0.350 e. The van der Waals surface area contributed by atoms with Gasteiger partial charge in [-0.25, -0.2) is 4.98 Å². The Hall–Kier alpha value is -2.14. The SMILES string of the molecule is O=c1[nH]ccnc1N1CCCC(NC2CCc3ccccc3C2)C1.